The van der Waals surface area contributed by atoms with Crippen LogP contribution in [0.2, 0.25) is 0 Å². The molecule has 0 saturated heterocycles. The zero-order valence-corrected chi connectivity index (χ0v) is 18.5. The van der Waals surface area contributed by atoms with Gasteiger partial charge in [-0.15, -0.1) is 0 Å². The van der Waals surface area contributed by atoms with Gasteiger partial charge in [0.05, 0.1) is 7.11 Å². The van der Waals surface area contributed by atoms with Gasteiger partial charge in [0.15, 0.2) is 0 Å². The summed E-state index contributed by atoms with van der Waals surface area (Å²) in [5, 5.41) is 3.97. The van der Waals surface area contributed by atoms with Gasteiger partial charge in [-0.25, -0.2) is 15.2 Å². The predicted molar refractivity (Wildman–Crippen MR) is 118 cm³/mol. The van der Waals surface area contributed by atoms with Crippen molar-refractivity contribution >= 4 is 23.6 Å². The van der Waals surface area contributed by atoms with Gasteiger partial charge < -0.3 is 15.8 Å². The number of nitrogens with zero attached hydrogens (tertiary/aromatic N) is 1. The number of Topliss-reactive ketones (excluding diaryl/α,β-unsaturated/α-hetero) is 1. The molecule has 0 aliphatic heterocycles. The number of rotatable bonds is 6. The molecule has 0 radical (unpaired) electrons. The first-order valence-corrected chi connectivity index (χ1v) is 11.3. The molecule has 2 aliphatic carbocycles. The predicted octanol–water partition coefficient (Wildman–Crippen LogP) is 2.44. The molecule has 0 aromatic heterocycles. The first kappa shape index (κ1) is 23.6. The van der Waals surface area contributed by atoms with Gasteiger partial charge in [0.25, 0.3) is 5.78 Å². The van der Waals surface area contributed by atoms with Crippen LogP contribution < -0.4 is 21.2 Å². The lowest BCUT2D eigenvalue weighted by Crippen LogP contribution is -2.69. The van der Waals surface area contributed by atoms with E-state index in [1.54, 1.807) is 12.1 Å². The number of carbonyl (C=O) groups excluding carboxylic acids is 4. The Balaban J connectivity index is 1.90. The molecule has 1 aromatic carbocycles. The smallest absolute Gasteiger partial charge is 0.331 e. The molecule has 1 aromatic rings. The molecule has 4 amide bonds. The second kappa shape index (κ2) is 10.5. The average Bonchev–Trinajstić information content (AvgIpc) is 2.82. The molecule has 9 nitrogen and oxygen atoms in total. The molecule has 3 rings (SSSR count). The highest BCUT2D eigenvalue weighted by Crippen LogP contribution is 2.34. The van der Waals surface area contributed by atoms with Gasteiger partial charge >= 0.3 is 11.9 Å². The highest BCUT2D eigenvalue weighted by molar-refractivity contribution is 6.43. The molecule has 0 bridgehead atoms. The fourth-order valence-electron chi connectivity index (χ4n) is 4.69. The molecular formula is C23H32N4O5. The SMILES string of the molecule is COc1ccc(C(=O)C(=O)N(NC(N)=O)C2(C(=O)NC3CCCCC3)CCCCC2)cc1. The Morgan fingerprint density at radius 3 is 2.12 bits per heavy atom. The molecule has 2 fully saturated rings. The lowest BCUT2D eigenvalue weighted by Gasteiger charge is -2.44. The normalized spacial score (nSPS) is 18.3. The molecule has 9 heteroatoms. The van der Waals surface area contributed by atoms with Crippen molar-refractivity contribution in [2.75, 3.05) is 7.11 Å². The van der Waals surface area contributed by atoms with Crippen LogP contribution in [-0.4, -0.2) is 47.3 Å². The summed E-state index contributed by atoms with van der Waals surface area (Å²) in [4.78, 5) is 51.7. The Bertz CT molecular complexity index is 842. The average molecular weight is 445 g/mol. The number of hydrogen-bond donors (Lipinski definition) is 3. The minimum atomic E-state index is -1.36. The summed E-state index contributed by atoms with van der Waals surface area (Å²) in [6.07, 6.45) is 7.95. The third-order valence-electron chi connectivity index (χ3n) is 6.44. The van der Waals surface area contributed by atoms with Crippen LogP contribution >= 0.6 is 0 Å². The summed E-state index contributed by atoms with van der Waals surface area (Å²) in [5.41, 5.74) is 6.43. The van der Waals surface area contributed by atoms with Crippen molar-refractivity contribution in [1.29, 1.82) is 0 Å². The van der Waals surface area contributed by atoms with Crippen molar-refractivity contribution in [2.24, 2.45) is 5.73 Å². The Morgan fingerprint density at radius 2 is 1.56 bits per heavy atom. The van der Waals surface area contributed by atoms with Crippen molar-refractivity contribution in [1.82, 2.24) is 15.8 Å². The Morgan fingerprint density at radius 1 is 0.969 bits per heavy atom. The van der Waals surface area contributed by atoms with Crippen molar-refractivity contribution in [3.05, 3.63) is 29.8 Å². The van der Waals surface area contributed by atoms with Crippen molar-refractivity contribution in [3.63, 3.8) is 0 Å². The zero-order valence-electron chi connectivity index (χ0n) is 18.5. The number of hydrazine groups is 1. The fourth-order valence-corrected chi connectivity index (χ4v) is 4.69. The summed E-state index contributed by atoms with van der Waals surface area (Å²) < 4.78 is 5.09. The molecule has 2 aliphatic rings. The van der Waals surface area contributed by atoms with Crippen molar-refractivity contribution in [2.45, 2.75) is 75.8 Å². The summed E-state index contributed by atoms with van der Waals surface area (Å²) >= 11 is 0. The van der Waals surface area contributed by atoms with E-state index in [-0.39, 0.29) is 17.5 Å². The Labute approximate surface area is 188 Å². The largest absolute Gasteiger partial charge is 0.497 e. The van der Waals surface area contributed by atoms with Crippen LogP contribution in [-0.2, 0) is 9.59 Å². The number of hydrogen-bond acceptors (Lipinski definition) is 5. The van der Waals surface area contributed by atoms with E-state index in [1.807, 2.05) is 0 Å². The fraction of sp³-hybridized carbons (Fsp3) is 0.565. The quantitative estimate of drug-likeness (QED) is 0.352. The number of urea groups is 1. The number of carbonyl (C=O) groups is 4. The summed E-state index contributed by atoms with van der Waals surface area (Å²) in [6, 6.07) is 5.10. The minimum absolute atomic E-state index is 0.0258. The van der Waals surface area contributed by atoms with Crippen LogP contribution in [0.25, 0.3) is 0 Å². The van der Waals surface area contributed by atoms with E-state index in [1.165, 1.54) is 19.2 Å². The van der Waals surface area contributed by atoms with E-state index in [2.05, 4.69) is 10.7 Å². The van der Waals surface area contributed by atoms with E-state index in [9.17, 15) is 19.2 Å². The number of nitrogens with two attached hydrogens (primary N) is 1. The van der Waals surface area contributed by atoms with E-state index < -0.39 is 23.3 Å². The van der Waals surface area contributed by atoms with Crippen LogP contribution in [0.5, 0.6) is 5.75 Å². The molecule has 4 N–H and O–H groups in total. The summed E-state index contributed by atoms with van der Waals surface area (Å²) in [7, 11) is 1.50. The second-order valence-electron chi connectivity index (χ2n) is 8.57. The topological polar surface area (TPSA) is 131 Å². The third kappa shape index (κ3) is 5.20. The second-order valence-corrected chi connectivity index (χ2v) is 8.57. The maximum Gasteiger partial charge on any atom is 0.331 e. The van der Waals surface area contributed by atoms with E-state index in [4.69, 9.17) is 10.5 Å². The number of benzene rings is 1. The minimum Gasteiger partial charge on any atom is -0.497 e. The number of nitrogens with one attached hydrogen (secondary N) is 2. The molecule has 32 heavy (non-hydrogen) atoms. The summed E-state index contributed by atoms with van der Waals surface area (Å²) in [6.45, 7) is 0. The molecule has 2 saturated carbocycles. The van der Waals surface area contributed by atoms with Gasteiger partial charge in [-0.1, -0.05) is 38.5 Å². The zero-order chi connectivity index (χ0) is 23.1. The molecule has 0 spiro atoms. The molecule has 0 atom stereocenters. The first-order chi connectivity index (χ1) is 15.4. The number of ether oxygens (including phenoxy) is 1. The van der Waals surface area contributed by atoms with E-state index in [0.29, 0.717) is 31.4 Å². The number of ketones is 1. The van der Waals surface area contributed by atoms with Gasteiger partial charge in [-0.2, -0.15) is 0 Å². The highest BCUT2D eigenvalue weighted by Gasteiger charge is 2.50. The molecular weight excluding hydrogens is 412 g/mol. The Kier molecular flexibility index (Phi) is 7.71. The number of primary amides is 1. The van der Waals surface area contributed by atoms with Crippen LogP contribution in [0.3, 0.4) is 0 Å². The van der Waals surface area contributed by atoms with Crippen LogP contribution in [0.1, 0.15) is 74.6 Å². The highest BCUT2D eigenvalue weighted by atomic mass is 16.5. The first-order valence-electron chi connectivity index (χ1n) is 11.3. The van der Waals surface area contributed by atoms with Gasteiger partial charge in [-0.3, -0.25) is 14.4 Å². The molecule has 0 unspecified atom stereocenters. The Hall–Kier alpha value is -3.10. The van der Waals surface area contributed by atoms with Gasteiger partial charge in [0, 0.05) is 11.6 Å². The number of methoxy groups -OCH3 is 1. The van der Waals surface area contributed by atoms with Gasteiger partial charge in [0.1, 0.15) is 11.3 Å². The van der Waals surface area contributed by atoms with Gasteiger partial charge in [0.2, 0.25) is 5.91 Å². The lowest BCUT2D eigenvalue weighted by molar-refractivity contribution is -0.151. The van der Waals surface area contributed by atoms with E-state index in [0.717, 1.165) is 43.5 Å². The van der Waals surface area contributed by atoms with Crippen LogP contribution in [0.4, 0.5) is 4.79 Å². The maximum atomic E-state index is 13.5. The van der Waals surface area contributed by atoms with E-state index >= 15 is 0 Å². The number of amides is 4. The molecule has 0 heterocycles. The van der Waals surface area contributed by atoms with Crippen molar-refractivity contribution < 1.29 is 23.9 Å². The van der Waals surface area contributed by atoms with Crippen LogP contribution in [0, 0.1) is 0 Å². The monoisotopic (exact) mass is 444 g/mol. The molecule has 174 valence electrons. The van der Waals surface area contributed by atoms with Gasteiger partial charge in [-0.05, 0) is 49.9 Å². The van der Waals surface area contributed by atoms with Crippen LogP contribution in [0.15, 0.2) is 24.3 Å². The standard InChI is InChI=1S/C23H32N4O5/c1-32-18-12-10-16(11-13-18)19(28)20(29)27(26-22(24)31)23(14-6-3-7-15-23)21(30)25-17-8-4-2-5-9-17/h10-13,17H,2-9,14-15H2,1H3,(H,25,30)(H3,24,26,31). The third-order valence-corrected chi connectivity index (χ3v) is 6.44. The van der Waals surface area contributed by atoms with Crippen molar-refractivity contribution in [3.8, 4) is 5.75 Å². The maximum absolute atomic E-state index is 13.5. The lowest BCUT2D eigenvalue weighted by atomic mass is 9.79. The summed E-state index contributed by atoms with van der Waals surface area (Å²) in [5.74, 6) is -1.63.